The first-order valence-electron chi connectivity index (χ1n) is 15.0. The maximum Gasteiger partial charge on any atom is 0.494 e. The number of carbonyl (C=O) groups is 2. The molecule has 4 rings (SSSR count). The number of ether oxygens (including phenoxy) is 3. The van der Waals surface area contributed by atoms with Gasteiger partial charge in [-0.25, -0.2) is 9.59 Å². The zero-order chi connectivity index (χ0) is 32.1. The predicted octanol–water partition coefficient (Wildman–Crippen LogP) is 6.09. The van der Waals surface area contributed by atoms with Gasteiger partial charge in [0.2, 0.25) is 0 Å². The lowest BCUT2D eigenvalue weighted by Gasteiger charge is -2.32. The minimum absolute atomic E-state index is 0.0731. The van der Waals surface area contributed by atoms with Gasteiger partial charge in [-0.3, -0.25) is 4.90 Å². The van der Waals surface area contributed by atoms with E-state index in [2.05, 4.69) is 0 Å². The third-order valence-electron chi connectivity index (χ3n) is 7.91. The molecule has 1 fully saturated rings. The standard InChI is InChI=1S/C35H44BNO7/c1-33(2,3)42-32(39)37(8)29(31(38)41-24-26-17-13-10-14-18-26)22-27-21-28(36-43-34(4,5)35(6,7)44-36)19-20-30(27)40-23-25-15-11-9-12-16-25/h9-21,29H,22-24H2,1-8H3/t29-/m0/s1. The van der Waals surface area contributed by atoms with Crippen molar-refractivity contribution in [2.24, 2.45) is 0 Å². The van der Waals surface area contributed by atoms with E-state index in [0.29, 0.717) is 17.9 Å². The van der Waals surface area contributed by atoms with Crippen LogP contribution in [-0.4, -0.2) is 54.0 Å². The summed E-state index contributed by atoms with van der Waals surface area (Å²) in [5.41, 5.74) is 1.52. The van der Waals surface area contributed by atoms with E-state index in [9.17, 15) is 9.59 Å². The Morgan fingerprint density at radius 2 is 1.39 bits per heavy atom. The second kappa shape index (κ2) is 13.4. The summed E-state index contributed by atoms with van der Waals surface area (Å²) in [7, 11) is 0.930. The van der Waals surface area contributed by atoms with Gasteiger partial charge >= 0.3 is 19.2 Å². The highest BCUT2D eigenvalue weighted by Gasteiger charge is 2.51. The number of likely N-dealkylation sites (N-methyl/N-ethyl adjacent to an activating group) is 1. The Balaban J connectivity index is 1.67. The summed E-state index contributed by atoms with van der Waals surface area (Å²) in [5.74, 6) is 0.0184. The minimum atomic E-state index is -0.999. The van der Waals surface area contributed by atoms with E-state index >= 15 is 0 Å². The van der Waals surface area contributed by atoms with Gasteiger partial charge in [0.25, 0.3) is 0 Å². The first-order valence-corrected chi connectivity index (χ1v) is 15.0. The van der Waals surface area contributed by atoms with Crippen LogP contribution in [0.15, 0.2) is 78.9 Å². The fourth-order valence-corrected chi connectivity index (χ4v) is 4.63. The fourth-order valence-electron chi connectivity index (χ4n) is 4.63. The summed E-state index contributed by atoms with van der Waals surface area (Å²) in [6, 6.07) is 23.9. The van der Waals surface area contributed by atoms with Gasteiger partial charge in [0.05, 0.1) is 11.2 Å². The molecule has 1 heterocycles. The Kier molecular flexibility index (Phi) is 10.1. The van der Waals surface area contributed by atoms with Gasteiger partial charge in [-0.15, -0.1) is 0 Å². The van der Waals surface area contributed by atoms with Crippen LogP contribution >= 0.6 is 0 Å². The van der Waals surface area contributed by atoms with E-state index in [1.807, 2.05) is 107 Å². The minimum Gasteiger partial charge on any atom is -0.489 e. The molecule has 0 aromatic heterocycles. The molecule has 9 heteroatoms. The topological polar surface area (TPSA) is 83.5 Å². The van der Waals surface area contributed by atoms with Gasteiger partial charge in [0, 0.05) is 13.5 Å². The molecule has 1 saturated heterocycles. The number of esters is 1. The summed E-state index contributed by atoms with van der Waals surface area (Å²) < 4.78 is 30.3. The van der Waals surface area contributed by atoms with Gasteiger partial charge in [0.15, 0.2) is 0 Å². The average Bonchev–Trinajstić information content (AvgIpc) is 3.19. The maximum absolute atomic E-state index is 13.7. The van der Waals surface area contributed by atoms with Gasteiger partial charge in [-0.1, -0.05) is 72.8 Å². The molecule has 3 aromatic carbocycles. The van der Waals surface area contributed by atoms with E-state index in [0.717, 1.165) is 16.6 Å². The molecule has 3 aromatic rings. The van der Waals surface area contributed by atoms with E-state index in [1.54, 1.807) is 27.8 Å². The van der Waals surface area contributed by atoms with Crippen LogP contribution in [-0.2, 0) is 43.2 Å². The zero-order valence-electron chi connectivity index (χ0n) is 27.1. The van der Waals surface area contributed by atoms with E-state index in [-0.39, 0.29) is 13.0 Å². The normalized spacial score (nSPS) is 16.2. The summed E-state index contributed by atoms with van der Waals surface area (Å²) in [5, 5.41) is 0. The molecule has 0 unspecified atom stereocenters. The van der Waals surface area contributed by atoms with Crippen molar-refractivity contribution in [2.75, 3.05) is 7.05 Å². The fraction of sp³-hybridized carbons (Fsp3) is 0.429. The van der Waals surface area contributed by atoms with Crippen molar-refractivity contribution in [3.63, 3.8) is 0 Å². The Bertz CT molecular complexity index is 1400. The third-order valence-corrected chi connectivity index (χ3v) is 7.91. The number of hydrogen-bond acceptors (Lipinski definition) is 7. The van der Waals surface area contributed by atoms with E-state index in [1.165, 1.54) is 4.90 Å². The molecular formula is C35H44BNO7. The SMILES string of the molecule is CN(C(=O)OC(C)(C)C)[C@@H](Cc1cc(B2OC(C)(C)C(C)(C)O2)ccc1OCc1ccccc1)C(=O)OCc1ccccc1. The lowest BCUT2D eigenvalue weighted by Crippen LogP contribution is -2.47. The number of carbonyl (C=O) groups excluding carboxylic acids is 2. The van der Waals surface area contributed by atoms with Gasteiger partial charge in [-0.05, 0) is 76.7 Å². The summed E-state index contributed by atoms with van der Waals surface area (Å²) >= 11 is 0. The Morgan fingerprint density at radius 1 is 0.841 bits per heavy atom. The largest absolute Gasteiger partial charge is 0.494 e. The Morgan fingerprint density at radius 3 is 1.93 bits per heavy atom. The van der Waals surface area contributed by atoms with Gasteiger partial charge in [-0.2, -0.15) is 0 Å². The van der Waals surface area contributed by atoms with Crippen molar-refractivity contribution in [1.29, 1.82) is 0 Å². The van der Waals surface area contributed by atoms with E-state index in [4.69, 9.17) is 23.5 Å². The summed E-state index contributed by atoms with van der Waals surface area (Å²) in [6.45, 7) is 13.7. The van der Waals surface area contributed by atoms with Crippen molar-refractivity contribution in [1.82, 2.24) is 4.90 Å². The van der Waals surface area contributed by atoms with Crippen molar-refractivity contribution >= 4 is 24.6 Å². The smallest absolute Gasteiger partial charge is 0.489 e. The second-order valence-corrected chi connectivity index (χ2v) is 13.1. The number of hydrogen-bond donors (Lipinski definition) is 0. The molecule has 0 aliphatic carbocycles. The van der Waals surface area contributed by atoms with Crippen LogP contribution in [0.25, 0.3) is 0 Å². The van der Waals surface area contributed by atoms with Crippen LogP contribution in [0.1, 0.15) is 65.2 Å². The summed E-state index contributed by atoms with van der Waals surface area (Å²) in [6.07, 6.45) is -0.520. The lowest BCUT2D eigenvalue weighted by molar-refractivity contribution is -0.150. The quantitative estimate of drug-likeness (QED) is 0.206. The molecule has 0 N–H and O–H groups in total. The van der Waals surface area contributed by atoms with E-state index < -0.39 is 42.0 Å². The van der Waals surface area contributed by atoms with Crippen LogP contribution in [0, 0.1) is 0 Å². The molecule has 1 aliphatic rings. The Labute approximate surface area is 261 Å². The third kappa shape index (κ3) is 8.42. The highest BCUT2D eigenvalue weighted by atomic mass is 16.7. The molecule has 1 atom stereocenters. The van der Waals surface area contributed by atoms with Crippen molar-refractivity contribution in [2.45, 2.75) is 90.9 Å². The number of rotatable bonds is 10. The summed E-state index contributed by atoms with van der Waals surface area (Å²) in [4.78, 5) is 28.2. The van der Waals surface area contributed by atoms with Crippen LogP contribution in [0.5, 0.6) is 5.75 Å². The molecule has 8 nitrogen and oxygen atoms in total. The van der Waals surface area contributed by atoms with Crippen LogP contribution < -0.4 is 10.2 Å². The monoisotopic (exact) mass is 601 g/mol. The second-order valence-electron chi connectivity index (χ2n) is 13.1. The molecule has 0 bridgehead atoms. The van der Waals surface area contributed by atoms with Crippen LogP contribution in [0.4, 0.5) is 4.79 Å². The maximum atomic E-state index is 13.7. The van der Waals surface area contributed by atoms with Crippen LogP contribution in [0.3, 0.4) is 0 Å². The molecule has 0 saturated carbocycles. The first-order chi connectivity index (χ1) is 20.6. The van der Waals surface area contributed by atoms with Crippen molar-refractivity contribution in [3.8, 4) is 5.75 Å². The van der Waals surface area contributed by atoms with Crippen LogP contribution in [0.2, 0.25) is 0 Å². The van der Waals surface area contributed by atoms with Gasteiger partial charge < -0.3 is 23.5 Å². The highest BCUT2D eigenvalue weighted by molar-refractivity contribution is 6.62. The highest BCUT2D eigenvalue weighted by Crippen LogP contribution is 2.37. The molecule has 0 spiro atoms. The number of amides is 1. The predicted molar refractivity (Wildman–Crippen MR) is 171 cm³/mol. The molecule has 1 aliphatic heterocycles. The zero-order valence-corrected chi connectivity index (χ0v) is 27.1. The van der Waals surface area contributed by atoms with Crippen molar-refractivity contribution in [3.05, 3.63) is 95.6 Å². The number of nitrogens with zero attached hydrogens (tertiary/aromatic N) is 1. The first kappa shape index (κ1) is 33.1. The van der Waals surface area contributed by atoms with Crippen molar-refractivity contribution < 1.29 is 33.1 Å². The lowest BCUT2D eigenvalue weighted by atomic mass is 9.78. The molecule has 0 radical (unpaired) electrons. The molecular weight excluding hydrogens is 557 g/mol. The molecule has 1 amide bonds. The molecule has 234 valence electrons. The Hall–Kier alpha value is -3.82. The van der Waals surface area contributed by atoms with Gasteiger partial charge in [0.1, 0.15) is 30.6 Å². The molecule has 44 heavy (non-hydrogen) atoms. The average molecular weight is 602 g/mol. The number of benzene rings is 3.